The summed E-state index contributed by atoms with van der Waals surface area (Å²) in [5, 5.41) is 2.95. The maximum Gasteiger partial charge on any atom is 0.259 e. The molecule has 3 aromatic carbocycles. The number of anilines is 1. The predicted molar refractivity (Wildman–Crippen MR) is 171 cm³/mol. The molecule has 3 aromatic rings. The highest BCUT2D eigenvalue weighted by Gasteiger charge is 2.58. The summed E-state index contributed by atoms with van der Waals surface area (Å²) in [6.07, 6.45) is 6.79. The summed E-state index contributed by atoms with van der Waals surface area (Å²) in [7, 11) is 1.47. The Hall–Kier alpha value is -4.05. The molecule has 234 valence electrons. The predicted octanol–water partition coefficient (Wildman–Crippen LogP) is 8.91. The van der Waals surface area contributed by atoms with E-state index in [9.17, 15) is 18.4 Å². The van der Waals surface area contributed by atoms with Crippen LogP contribution in [-0.4, -0.2) is 30.4 Å². The van der Waals surface area contributed by atoms with Crippen molar-refractivity contribution in [2.75, 3.05) is 12.4 Å². The Kier molecular flexibility index (Phi) is 10.4. The SMILES string of the molecule is C#Cc1ccc(C(=O)C(CC)Cc2cccc(C(=O)Nc3c(C)cc(C(C)(C(C)(C)F)C(C)(F)F)cc3CC)c2OC)cc1. The van der Waals surface area contributed by atoms with E-state index in [1.165, 1.54) is 20.1 Å². The summed E-state index contributed by atoms with van der Waals surface area (Å²) < 4.78 is 50.9. The van der Waals surface area contributed by atoms with Crippen molar-refractivity contribution in [2.45, 2.75) is 84.7 Å². The zero-order chi connectivity index (χ0) is 33.0. The van der Waals surface area contributed by atoms with E-state index in [2.05, 4.69) is 11.2 Å². The first kappa shape index (κ1) is 34.4. The van der Waals surface area contributed by atoms with Crippen LogP contribution in [0.25, 0.3) is 0 Å². The summed E-state index contributed by atoms with van der Waals surface area (Å²) in [5.74, 6) is -1.30. The molecule has 0 radical (unpaired) electrons. The molecule has 0 heterocycles. The maximum atomic E-state index is 15.3. The number of amides is 1. The fraction of sp³-hybridized carbons (Fsp3) is 0.405. The van der Waals surface area contributed by atoms with Gasteiger partial charge in [-0.3, -0.25) is 9.59 Å². The summed E-state index contributed by atoms with van der Waals surface area (Å²) in [4.78, 5) is 27.0. The van der Waals surface area contributed by atoms with Crippen LogP contribution in [0.3, 0.4) is 0 Å². The van der Waals surface area contributed by atoms with Crippen molar-refractivity contribution in [1.29, 1.82) is 0 Å². The lowest BCUT2D eigenvalue weighted by Gasteiger charge is -2.43. The number of nitrogens with one attached hydrogen (secondary N) is 1. The molecule has 7 heteroatoms. The van der Waals surface area contributed by atoms with Gasteiger partial charge in [-0.15, -0.1) is 6.42 Å². The molecule has 4 nitrogen and oxygen atoms in total. The van der Waals surface area contributed by atoms with Crippen LogP contribution >= 0.6 is 0 Å². The molecule has 0 spiro atoms. The molecule has 0 aromatic heterocycles. The number of Topliss-reactive ketones (excluding diaryl/α,β-unsaturated/α-hetero) is 1. The lowest BCUT2D eigenvalue weighted by Crippen LogP contribution is -2.53. The van der Waals surface area contributed by atoms with Crippen molar-refractivity contribution >= 4 is 17.4 Å². The van der Waals surface area contributed by atoms with E-state index in [4.69, 9.17) is 11.2 Å². The number of hydrogen-bond donors (Lipinski definition) is 1. The molecule has 0 saturated carbocycles. The van der Waals surface area contributed by atoms with Gasteiger partial charge in [0.2, 0.25) is 0 Å². The first-order chi connectivity index (χ1) is 20.5. The topological polar surface area (TPSA) is 55.4 Å². The van der Waals surface area contributed by atoms with Crippen LogP contribution in [0.2, 0.25) is 0 Å². The number of hydrogen-bond acceptors (Lipinski definition) is 3. The fourth-order valence-corrected chi connectivity index (χ4v) is 5.73. The molecule has 2 unspecified atom stereocenters. The van der Waals surface area contributed by atoms with Gasteiger partial charge in [-0.25, -0.2) is 13.2 Å². The monoisotopic (exact) mass is 605 g/mol. The average Bonchev–Trinajstić information content (AvgIpc) is 2.98. The Morgan fingerprint density at radius 3 is 2.11 bits per heavy atom. The van der Waals surface area contributed by atoms with Gasteiger partial charge in [0.1, 0.15) is 11.4 Å². The average molecular weight is 606 g/mol. The second-order valence-electron chi connectivity index (χ2n) is 12.0. The van der Waals surface area contributed by atoms with Gasteiger partial charge in [-0.1, -0.05) is 56.2 Å². The maximum absolute atomic E-state index is 15.3. The number of carbonyl (C=O) groups excluding carboxylic acids is 2. The number of terminal acetylenes is 1. The first-order valence-corrected chi connectivity index (χ1v) is 14.8. The van der Waals surface area contributed by atoms with Crippen LogP contribution < -0.4 is 10.1 Å². The van der Waals surface area contributed by atoms with Crippen molar-refractivity contribution in [3.8, 4) is 18.1 Å². The normalized spacial score (nSPS) is 13.9. The number of carbonyl (C=O) groups is 2. The summed E-state index contributed by atoms with van der Waals surface area (Å²) in [6, 6.07) is 15.2. The van der Waals surface area contributed by atoms with E-state index in [-0.39, 0.29) is 22.8 Å². The second kappa shape index (κ2) is 13.3. The molecule has 2 atom stereocenters. The third-order valence-corrected chi connectivity index (χ3v) is 8.89. The number of aryl methyl sites for hydroxylation is 2. The molecule has 0 aliphatic rings. The Morgan fingerprint density at radius 1 is 0.977 bits per heavy atom. The number of benzene rings is 3. The van der Waals surface area contributed by atoms with Crippen LogP contribution in [0.15, 0.2) is 54.6 Å². The third-order valence-electron chi connectivity index (χ3n) is 8.89. The zero-order valence-corrected chi connectivity index (χ0v) is 26.8. The Morgan fingerprint density at radius 2 is 1.61 bits per heavy atom. The molecule has 0 aliphatic heterocycles. The molecule has 1 amide bonds. The van der Waals surface area contributed by atoms with Crippen molar-refractivity contribution < 1.29 is 27.5 Å². The van der Waals surface area contributed by atoms with Crippen molar-refractivity contribution in [3.63, 3.8) is 0 Å². The number of ketones is 1. The van der Waals surface area contributed by atoms with Crippen LogP contribution in [0.5, 0.6) is 5.75 Å². The minimum Gasteiger partial charge on any atom is -0.496 e. The van der Waals surface area contributed by atoms with Crippen LogP contribution in [-0.2, 0) is 18.3 Å². The minimum atomic E-state index is -3.36. The third kappa shape index (κ3) is 6.70. The van der Waals surface area contributed by atoms with Gasteiger partial charge in [-0.05, 0) is 87.4 Å². The van der Waals surface area contributed by atoms with Gasteiger partial charge < -0.3 is 10.1 Å². The number of halogens is 3. The zero-order valence-electron chi connectivity index (χ0n) is 26.8. The van der Waals surface area contributed by atoms with Gasteiger partial charge in [-0.2, -0.15) is 0 Å². The van der Waals surface area contributed by atoms with Gasteiger partial charge in [0.05, 0.1) is 18.1 Å². The quantitative estimate of drug-likeness (QED) is 0.166. The Bertz CT molecular complexity index is 1540. The Labute approximate surface area is 259 Å². The molecule has 0 fully saturated rings. The first-order valence-electron chi connectivity index (χ1n) is 14.8. The van der Waals surface area contributed by atoms with E-state index >= 15 is 4.39 Å². The smallest absolute Gasteiger partial charge is 0.259 e. The molecular weight excluding hydrogens is 563 g/mol. The van der Waals surface area contributed by atoms with Crippen molar-refractivity contribution in [3.05, 3.63) is 93.5 Å². The fourth-order valence-electron chi connectivity index (χ4n) is 5.73. The Balaban J connectivity index is 1.97. The van der Waals surface area contributed by atoms with Crippen LogP contribution in [0.4, 0.5) is 18.9 Å². The second-order valence-corrected chi connectivity index (χ2v) is 12.0. The van der Waals surface area contributed by atoms with Gasteiger partial charge >= 0.3 is 0 Å². The standard InChI is InChI=1S/C37H42F3NO3/c1-10-24-16-18-27(19-17-24)32(42)26(12-3)21-28-14-13-15-30(33(28)44-9)34(43)41-31-23(4)20-29(22-25(31)11-2)36(7,35(5,6)38)37(8,39)40/h1,13-20,22,26H,11-12,21H2,2-9H3,(H,41,43). The molecule has 0 aliphatic carbocycles. The number of para-hydroxylation sites is 1. The van der Waals surface area contributed by atoms with Crippen molar-refractivity contribution in [2.24, 2.45) is 5.92 Å². The highest BCUT2D eigenvalue weighted by Crippen LogP contribution is 2.50. The van der Waals surface area contributed by atoms with E-state index in [0.29, 0.717) is 58.5 Å². The molecule has 0 saturated heterocycles. The van der Waals surface area contributed by atoms with Crippen molar-refractivity contribution in [1.82, 2.24) is 0 Å². The van der Waals surface area contributed by atoms with E-state index in [0.717, 1.165) is 20.8 Å². The van der Waals surface area contributed by atoms with E-state index < -0.39 is 22.9 Å². The summed E-state index contributed by atoms with van der Waals surface area (Å²) in [6.45, 7) is 9.77. The number of ether oxygens (including phenoxy) is 1. The summed E-state index contributed by atoms with van der Waals surface area (Å²) in [5.41, 5.74) is -0.336. The van der Waals surface area contributed by atoms with Crippen LogP contribution in [0.1, 0.15) is 96.5 Å². The van der Waals surface area contributed by atoms with E-state index in [1.807, 2.05) is 19.9 Å². The molecule has 3 rings (SSSR count). The highest BCUT2D eigenvalue weighted by molar-refractivity contribution is 6.07. The minimum absolute atomic E-state index is 0.0302. The molecule has 1 N–H and O–H groups in total. The van der Waals surface area contributed by atoms with Gasteiger partial charge in [0.25, 0.3) is 11.8 Å². The largest absolute Gasteiger partial charge is 0.496 e. The number of alkyl halides is 3. The van der Waals surface area contributed by atoms with Gasteiger partial charge in [0.15, 0.2) is 5.78 Å². The highest BCUT2D eigenvalue weighted by atomic mass is 19.3. The number of methoxy groups -OCH3 is 1. The molecule has 0 bridgehead atoms. The summed E-state index contributed by atoms with van der Waals surface area (Å²) >= 11 is 0. The molecular formula is C37H42F3NO3. The lowest BCUT2D eigenvalue weighted by atomic mass is 9.66. The van der Waals surface area contributed by atoms with Crippen LogP contribution in [0, 0.1) is 25.2 Å². The van der Waals surface area contributed by atoms with E-state index in [1.54, 1.807) is 49.4 Å². The lowest BCUT2D eigenvalue weighted by molar-refractivity contribution is -0.113. The van der Waals surface area contributed by atoms with Gasteiger partial charge in [0, 0.05) is 29.7 Å². The number of rotatable bonds is 12. The molecule has 44 heavy (non-hydrogen) atoms.